The maximum Gasteiger partial charge on any atom is 0.257 e. The normalized spacial score (nSPS) is 15.6. The molecule has 0 aromatic heterocycles. The molecule has 1 fully saturated rings. The van der Waals surface area contributed by atoms with Crippen molar-refractivity contribution in [3.05, 3.63) is 28.8 Å². The lowest BCUT2D eigenvalue weighted by atomic mass is 10.1. The van der Waals surface area contributed by atoms with Crippen molar-refractivity contribution in [2.24, 2.45) is 0 Å². The van der Waals surface area contributed by atoms with Crippen LogP contribution in [0, 0.1) is 0 Å². The number of amides is 1. The highest BCUT2D eigenvalue weighted by Gasteiger charge is 2.21. The molecule has 1 heterocycles. The second-order valence-corrected chi connectivity index (χ2v) is 4.55. The van der Waals surface area contributed by atoms with E-state index >= 15 is 0 Å². The highest BCUT2D eigenvalue weighted by atomic mass is 35.5. The van der Waals surface area contributed by atoms with Crippen LogP contribution < -0.4 is 10.1 Å². The first-order valence-electron chi connectivity index (χ1n) is 6.14. The molecule has 0 bridgehead atoms. The predicted octanol–water partition coefficient (Wildman–Crippen LogP) is 1.78. The van der Waals surface area contributed by atoms with Gasteiger partial charge < -0.3 is 15.0 Å². The first-order chi connectivity index (χ1) is 8.72. The quantitative estimate of drug-likeness (QED) is 0.909. The molecule has 1 amide bonds. The molecule has 1 aliphatic heterocycles. The smallest absolute Gasteiger partial charge is 0.257 e. The highest BCUT2D eigenvalue weighted by Crippen LogP contribution is 2.24. The maximum absolute atomic E-state index is 12.4. The average Bonchev–Trinajstić information content (AvgIpc) is 2.41. The lowest BCUT2D eigenvalue weighted by molar-refractivity contribution is 0.0731. The van der Waals surface area contributed by atoms with Crippen LogP contribution in [0.15, 0.2) is 18.2 Å². The fourth-order valence-electron chi connectivity index (χ4n) is 1.99. The molecule has 0 aliphatic carbocycles. The summed E-state index contributed by atoms with van der Waals surface area (Å²) in [5.41, 5.74) is 0.547. The summed E-state index contributed by atoms with van der Waals surface area (Å²) < 4.78 is 5.48. The zero-order chi connectivity index (χ0) is 13.0. The SMILES string of the molecule is CCOc1ccc(Cl)cc1C(=O)N1CCNCC1. The van der Waals surface area contributed by atoms with Crippen molar-refractivity contribution >= 4 is 17.5 Å². The van der Waals surface area contributed by atoms with Gasteiger partial charge in [-0.25, -0.2) is 0 Å². The first-order valence-corrected chi connectivity index (χ1v) is 6.52. The average molecular weight is 269 g/mol. The van der Waals surface area contributed by atoms with Crippen molar-refractivity contribution in [1.82, 2.24) is 10.2 Å². The van der Waals surface area contributed by atoms with Gasteiger partial charge in [-0.15, -0.1) is 0 Å². The minimum absolute atomic E-state index is 0.0116. The van der Waals surface area contributed by atoms with Crippen molar-refractivity contribution in [3.8, 4) is 5.75 Å². The number of hydrogen-bond acceptors (Lipinski definition) is 3. The Kier molecular flexibility index (Phi) is 4.44. The van der Waals surface area contributed by atoms with Gasteiger partial charge in [0.05, 0.1) is 12.2 Å². The summed E-state index contributed by atoms with van der Waals surface area (Å²) in [6.07, 6.45) is 0. The number of carbonyl (C=O) groups is 1. The number of rotatable bonds is 3. The molecular weight excluding hydrogens is 252 g/mol. The van der Waals surface area contributed by atoms with E-state index in [1.807, 2.05) is 11.8 Å². The van der Waals surface area contributed by atoms with E-state index in [2.05, 4.69) is 5.32 Å². The third-order valence-corrected chi connectivity index (χ3v) is 3.11. The van der Waals surface area contributed by atoms with Crippen LogP contribution >= 0.6 is 11.6 Å². The summed E-state index contributed by atoms with van der Waals surface area (Å²) in [5.74, 6) is 0.591. The van der Waals surface area contributed by atoms with Gasteiger partial charge in [0, 0.05) is 31.2 Å². The molecule has 1 saturated heterocycles. The van der Waals surface area contributed by atoms with Gasteiger partial charge in [0.15, 0.2) is 0 Å². The van der Waals surface area contributed by atoms with Crippen LogP contribution in [0.5, 0.6) is 5.75 Å². The predicted molar refractivity (Wildman–Crippen MR) is 71.4 cm³/mol. The number of nitrogens with one attached hydrogen (secondary N) is 1. The monoisotopic (exact) mass is 268 g/mol. The van der Waals surface area contributed by atoms with Crippen LogP contribution in [0.4, 0.5) is 0 Å². The third kappa shape index (κ3) is 2.94. The minimum atomic E-state index is -0.0116. The van der Waals surface area contributed by atoms with Gasteiger partial charge in [-0.3, -0.25) is 4.79 Å². The number of hydrogen-bond donors (Lipinski definition) is 1. The van der Waals surface area contributed by atoms with Crippen LogP contribution in [0.2, 0.25) is 5.02 Å². The van der Waals surface area contributed by atoms with Crippen molar-refractivity contribution in [1.29, 1.82) is 0 Å². The molecule has 1 aromatic rings. The van der Waals surface area contributed by atoms with Crippen molar-refractivity contribution in [2.45, 2.75) is 6.92 Å². The summed E-state index contributed by atoms with van der Waals surface area (Å²) in [5, 5.41) is 3.77. The van der Waals surface area contributed by atoms with E-state index in [1.54, 1.807) is 18.2 Å². The maximum atomic E-state index is 12.4. The van der Waals surface area contributed by atoms with Crippen LogP contribution in [0.25, 0.3) is 0 Å². The number of piperazine rings is 1. The molecule has 0 unspecified atom stereocenters. The summed E-state index contributed by atoms with van der Waals surface area (Å²) in [6.45, 7) is 5.53. The molecular formula is C13H17ClN2O2. The molecule has 2 rings (SSSR count). The Labute approximate surface area is 112 Å². The Bertz CT molecular complexity index is 431. The zero-order valence-corrected chi connectivity index (χ0v) is 11.2. The van der Waals surface area contributed by atoms with Gasteiger partial charge in [0.1, 0.15) is 5.75 Å². The summed E-state index contributed by atoms with van der Waals surface area (Å²) >= 11 is 5.96. The van der Waals surface area contributed by atoms with Gasteiger partial charge in [-0.05, 0) is 25.1 Å². The molecule has 0 spiro atoms. The standard InChI is InChI=1S/C13H17ClN2O2/c1-2-18-12-4-3-10(14)9-11(12)13(17)16-7-5-15-6-8-16/h3-4,9,15H,2,5-8H2,1H3. The van der Waals surface area contributed by atoms with E-state index in [9.17, 15) is 4.79 Å². The van der Waals surface area contributed by atoms with Gasteiger partial charge in [-0.2, -0.15) is 0 Å². The van der Waals surface area contributed by atoms with Crippen molar-refractivity contribution in [2.75, 3.05) is 32.8 Å². The van der Waals surface area contributed by atoms with Crippen LogP contribution in [0.1, 0.15) is 17.3 Å². The van der Waals surface area contributed by atoms with Crippen LogP contribution in [-0.2, 0) is 0 Å². The van der Waals surface area contributed by atoms with E-state index in [0.717, 1.165) is 26.2 Å². The third-order valence-electron chi connectivity index (χ3n) is 2.88. The number of halogens is 1. The second kappa shape index (κ2) is 6.07. The number of carbonyl (C=O) groups excluding carboxylic acids is 1. The van der Waals surface area contributed by atoms with E-state index in [4.69, 9.17) is 16.3 Å². The van der Waals surface area contributed by atoms with Crippen LogP contribution in [-0.4, -0.2) is 43.6 Å². The molecule has 1 N–H and O–H groups in total. The molecule has 4 nitrogen and oxygen atoms in total. The molecule has 5 heteroatoms. The Morgan fingerprint density at radius 1 is 1.44 bits per heavy atom. The fraction of sp³-hybridized carbons (Fsp3) is 0.462. The molecule has 98 valence electrons. The van der Waals surface area contributed by atoms with Gasteiger partial charge >= 0.3 is 0 Å². The summed E-state index contributed by atoms with van der Waals surface area (Å²) in [4.78, 5) is 14.2. The topological polar surface area (TPSA) is 41.6 Å². The Morgan fingerprint density at radius 2 is 2.17 bits per heavy atom. The highest BCUT2D eigenvalue weighted by molar-refractivity contribution is 6.31. The lowest BCUT2D eigenvalue weighted by Crippen LogP contribution is -2.46. The van der Waals surface area contributed by atoms with Crippen molar-refractivity contribution in [3.63, 3.8) is 0 Å². The van der Waals surface area contributed by atoms with Crippen molar-refractivity contribution < 1.29 is 9.53 Å². The zero-order valence-electron chi connectivity index (χ0n) is 10.4. The van der Waals surface area contributed by atoms with E-state index in [1.165, 1.54) is 0 Å². The Morgan fingerprint density at radius 3 is 2.83 bits per heavy atom. The van der Waals surface area contributed by atoms with E-state index in [0.29, 0.717) is 22.9 Å². The summed E-state index contributed by atoms with van der Waals surface area (Å²) in [6, 6.07) is 5.17. The molecule has 0 saturated carbocycles. The first kappa shape index (κ1) is 13.2. The molecule has 1 aliphatic rings. The molecule has 1 aromatic carbocycles. The second-order valence-electron chi connectivity index (χ2n) is 4.12. The molecule has 0 radical (unpaired) electrons. The van der Waals surface area contributed by atoms with Crippen LogP contribution in [0.3, 0.4) is 0 Å². The molecule has 0 atom stereocenters. The van der Waals surface area contributed by atoms with Gasteiger partial charge in [0.2, 0.25) is 0 Å². The van der Waals surface area contributed by atoms with Gasteiger partial charge in [-0.1, -0.05) is 11.6 Å². The minimum Gasteiger partial charge on any atom is -0.493 e. The number of nitrogens with zero attached hydrogens (tertiary/aromatic N) is 1. The Balaban J connectivity index is 2.24. The summed E-state index contributed by atoms with van der Waals surface area (Å²) in [7, 11) is 0. The number of benzene rings is 1. The lowest BCUT2D eigenvalue weighted by Gasteiger charge is -2.28. The Hall–Kier alpha value is -1.26. The van der Waals surface area contributed by atoms with Gasteiger partial charge in [0.25, 0.3) is 5.91 Å². The largest absolute Gasteiger partial charge is 0.493 e. The fourth-order valence-corrected chi connectivity index (χ4v) is 2.16. The number of ether oxygens (including phenoxy) is 1. The van der Waals surface area contributed by atoms with E-state index < -0.39 is 0 Å². The molecule has 18 heavy (non-hydrogen) atoms. The van der Waals surface area contributed by atoms with E-state index in [-0.39, 0.29) is 5.91 Å².